The van der Waals surface area contributed by atoms with E-state index in [0.717, 1.165) is 26.2 Å². The highest BCUT2D eigenvalue weighted by Crippen LogP contribution is 2.09. The average Bonchev–Trinajstić information content (AvgIpc) is 2.17. The summed E-state index contributed by atoms with van der Waals surface area (Å²) in [6.07, 6.45) is 1.95. The van der Waals surface area contributed by atoms with Crippen molar-refractivity contribution >= 4 is 0 Å². The van der Waals surface area contributed by atoms with E-state index in [1.165, 1.54) is 11.3 Å². The first-order valence-electron chi connectivity index (χ1n) is 5.66. The van der Waals surface area contributed by atoms with E-state index in [1.54, 1.807) is 0 Å². The van der Waals surface area contributed by atoms with Gasteiger partial charge in [0.05, 0.1) is 5.69 Å². The Labute approximate surface area is 91.5 Å². The Morgan fingerprint density at radius 1 is 1.47 bits per heavy atom. The molecule has 0 aromatic carbocycles. The van der Waals surface area contributed by atoms with Crippen LogP contribution in [0.25, 0.3) is 0 Å². The third-order valence-corrected chi connectivity index (χ3v) is 3.02. The van der Waals surface area contributed by atoms with E-state index >= 15 is 0 Å². The lowest BCUT2D eigenvalue weighted by molar-refractivity contribution is 0.143. The quantitative estimate of drug-likeness (QED) is 0.800. The summed E-state index contributed by atoms with van der Waals surface area (Å²) in [6.45, 7) is 8.61. The van der Waals surface area contributed by atoms with Gasteiger partial charge in [-0.2, -0.15) is 0 Å². The molecule has 3 heteroatoms. The molecule has 3 nitrogen and oxygen atoms in total. The number of hydrogen-bond donors (Lipinski definition) is 1. The van der Waals surface area contributed by atoms with Gasteiger partial charge in [-0.05, 0) is 25.1 Å². The van der Waals surface area contributed by atoms with E-state index in [0.29, 0.717) is 6.04 Å². The third kappa shape index (κ3) is 2.55. The Bertz CT molecular complexity index is 303. The van der Waals surface area contributed by atoms with Crippen molar-refractivity contribution in [3.05, 3.63) is 29.6 Å². The zero-order chi connectivity index (χ0) is 10.7. The summed E-state index contributed by atoms with van der Waals surface area (Å²) >= 11 is 0. The zero-order valence-electron chi connectivity index (χ0n) is 9.53. The van der Waals surface area contributed by atoms with Crippen LogP contribution in [0.2, 0.25) is 0 Å². The average molecular weight is 205 g/mol. The fourth-order valence-corrected chi connectivity index (χ4v) is 1.83. The molecule has 1 fully saturated rings. The fourth-order valence-electron chi connectivity index (χ4n) is 1.83. The monoisotopic (exact) mass is 205 g/mol. The number of nitrogens with one attached hydrogen (secondary N) is 1. The van der Waals surface area contributed by atoms with E-state index < -0.39 is 0 Å². The Hall–Kier alpha value is -0.930. The van der Waals surface area contributed by atoms with Gasteiger partial charge in [0, 0.05) is 31.9 Å². The molecule has 1 aromatic rings. The van der Waals surface area contributed by atoms with Crippen LogP contribution in [-0.4, -0.2) is 35.6 Å². The Morgan fingerprint density at radius 3 is 2.73 bits per heavy atom. The normalized spacial score (nSPS) is 16.7. The summed E-state index contributed by atoms with van der Waals surface area (Å²) in [5, 5.41) is 3.31. The second-order valence-corrected chi connectivity index (χ2v) is 4.20. The first-order chi connectivity index (χ1) is 7.29. The number of likely N-dealkylation sites (N-methyl/N-ethyl adjacent to an activating group) is 1. The first kappa shape index (κ1) is 10.6. The molecule has 0 bridgehead atoms. The molecule has 1 aromatic heterocycles. The van der Waals surface area contributed by atoms with E-state index in [1.807, 2.05) is 6.20 Å². The number of nitrogens with zero attached hydrogens (tertiary/aromatic N) is 2. The van der Waals surface area contributed by atoms with Gasteiger partial charge in [-0.25, -0.2) is 0 Å². The van der Waals surface area contributed by atoms with Crippen molar-refractivity contribution in [1.82, 2.24) is 15.2 Å². The minimum absolute atomic E-state index is 0.707. The van der Waals surface area contributed by atoms with Crippen molar-refractivity contribution in [2.24, 2.45) is 0 Å². The molecule has 0 unspecified atom stereocenters. The standard InChI is InChI=1S/C12H19N3/c1-3-15(12-7-13-8-12)9-11-5-4-10(2)6-14-11/h4-6,12-13H,3,7-9H2,1-2H3. The number of aryl methyl sites for hydroxylation is 1. The number of hydrogen-bond acceptors (Lipinski definition) is 3. The molecule has 0 spiro atoms. The molecule has 15 heavy (non-hydrogen) atoms. The number of aromatic nitrogens is 1. The molecule has 82 valence electrons. The van der Waals surface area contributed by atoms with Gasteiger partial charge in [-0.15, -0.1) is 0 Å². The smallest absolute Gasteiger partial charge is 0.0544 e. The number of pyridine rings is 1. The van der Waals surface area contributed by atoms with Gasteiger partial charge in [0.1, 0.15) is 0 Å². The van der Waals surface area contributed by atoms with Gasteiger partial charge in [-0.1, -0.05) is 13.0 Å². The Morgan fingerprint density at radius 2 is 2.27 bits per heavy atom. The summed E-state index contributed by atoms with van der Waals surface area (Å²) in [4.78, 5) is 6.93. The van der Waals surface area contributed by atoms with Crippen LogP contribution in [0, 0.1) is 6.92 Å². The maximum atomic E-state index is 4.44. The highest BCUT2D eigenvalue weighted by molar-refractivity contribution is 5.12. The van der Waals surface area contributed by atoms with Crippen molar-refractivity contribution in [1.29, 1.82) is 0 Å². The van der Waals surface area contributed by atoms with Crippen molar-refractivity contribution in [3.8, 4) is 0 Å². The Balaban J connectivity index is 1.96. The van der Waals surface area contributed by atoms with Crippen LogP contribution >= 0.6 is 0 Å². The zero-order valence-corrected chi connectivity index (χ0v) is 9.53. The van der Waals surface area contributed by atoms with Gasteiger partial charge < -0.3 is 5.32 Å². The lowest BCUT2D eigenvalue weighted by Gasteiger charge is -2.37. The minimum Gasteiger partial charge on any atom is -0.314 e. The van der Waals surface area contributed by atoms with Crippen molar-refractivity contribution in [3.63, 3.8) is 0 Å². The third-order valence-electron chi connectivity index (χ3n) is 3.02. The van der Waals surface area contributed by atoms with Crippen LogP contribution in [0.1, 0.15) is 18.2 Å². The lowest BCUT2D eigenvalue weighted by atomic mass is 10.1. The SMILES string of the molecule is CCN(Cc1ccc(C)cn1)C1CNC1. The van der Waals surface area contributed by atoms with Crippen molar-refractivity contribution < 1.29 is 0 Å². The van der Waals surface area contributed by atoms with E-state index in [4.69, 9.17) is 0 Å². The molecule has 0 amide bonds. The maximum absolute atomic E-state index is 4.44. The molecule has 2 rings (SSSR count). The minimum atomic E-state index is 0.707. The topological polar surface area (TPSA) is 28.2 Å². The molecule has 0 radical (unpaired) electrons. The van der Waals surface area contributed by atoms with Gasteiger partial charge in [0.2, 0.25) is 0 Å². The molecule has 1 aliphatic heterocycles. The second-order valence-electron chi connectivity index (χ2n) is 4.20. The van der Waals surface area contributed by atoms with Gasteiger partial charge in [0.15, 0.2) is 0 Å². The van der Waals surface area contributed by atoms with Crippen LogP contribution in [0.5, 0.6) is 0 Å². The van der Waals surface area contributed by atoms with Crippen LogP contribution < -0.4 is 5.32 Å². The van der Waals surface area contributed by atoms with Gasteiger partial charge in [0.25, 0.3) is 0 Å². The molecular formula is C12H19N3. The van der Waals surface area contributed by atoms with Crippen LogP contribution in [0.4, 0.5) is 0 Å². The predicted octanol–water partition coefficient (Wildman–Crippen LogP) is 1.18. The molecule has 0 atom stereocenters. The summed E-state index contributed by atoms with van der Waals surface area (Å²) in [6, 6.07) is 4.97. The molecule has 1 N–H and O–H groups in total. The number of rotatable bonds is 4. The Kier molecular flexibility index (Phi) is 3.34. The maximum Gasteiger partial charge on any atom is 0.0544 e. The van der Waals surface area contributed by atoms with Gasteiger partial charge in [-0.3, -0.25) is 9.88 Å². The van der Waals surface area contributed by atoms with E-state index in [9.17, 15) is 0 Å². The highest BCUT2D eigenvalue weighted by Gasteiger charge is 2.23. The first-order valence-corrected chi connectivity index (χ1v) is 5.66. The summed E-state index contributed by atoms with van der Waals surface area (Å²) in [5.41, 5.74) is 2.40. The largest absolute Gasteiger partial charge is 0.314 e. The van der Waals surface area contributed by atoms with Crippen LogP contribution in [-0.2, 0) is 6.54 Å². The van der Waals surface area contributed by atoms with Gasteiger partial charge >= 0.3 is 0 Å². The van der Waals surface area contributed by atoms with Crippen molar-refractivity contribution in [2.75, 3.05) is 19.6 Å². The molecule has 0 aliphatic carbocycles. The second kappa shape index (κ2) is 4.73. The molecule has 1 aliphatic rings. The van der Waals surface area contributed by atoms with Crippen LogP contribution in [0.3, 0.4) is 0 Å². The predicted molar refractivity (Wildman–Crippen MR) is 61.7 cm³/mol. The summed E-state index contributed by atoms with van der Waals surface area (Å²) < 4.78 is 0. The van der Waals surface area contributed by atoms with Crippen LogP contribution in [0.15, 0.2) is 18.3 Å². The highest BCUT2D eigenvalue weighted by atomic mass is 15.2. The molecule has 0 saturated carbocycles. The summed E-state index contributed by atoms with van der Waals surface area (Å²) in [5.74, 6) is 0. The molecule has 2 heterocycles. The lowest BCUT2D eigenvalue weighted by Crippen LogP contribution is -2.56. The van der Waals surface area contributed by atoms with E-state index in [-0.39, 0.29) is 0 Å². The fraction of sp³-hybridized carbons (Fsp3) is 0.583. The molecule has 1 saturated heterocycles. The summed E-state index contributed by atoms with van der Waals surface area (Å²) in [7, 11) is 0. The molecular weight excluding hydrogens is 186 g/mol. The van der Waals surface area contributed by atoms with E-state index in [2.05, 4.69) is 41.2 Å². The van der Waals surface area contributed by atoms with Crippen molar-refractivity contribution in [2.45, 2.75) is 26.4 Å².